The number of hydrogen-bond acceptors (Lipinski definition) is 3. The summed E-state index contributed by atoms with van der Waals surface area (Å²) in [6.45, 7) is 1.82. The molecule has 2 aliphatic rings. The van der Waals surface area contributed by atoms with E-state index in [1.165, 1.54) is 11.3 Å². The lowest BCUT2D eigenvalue weighted by Crippen LogP contribution is -2.43. The van der Waals surface area contributed by atoms with E-state index < -0.39 is 0 Å². The zero-order chi connectivity index (χ0) is 13.4. The van der Waals surface area contributed by atoms with Gasteiger partial charge >= 0.3 is 0 Å². The van der Waals surface area contributed by atoms with Gasteiger partial charge in [0.25, 0.3) is 0 Å². The third-order valence-corrected chi connectivity index (χ3v) is 5.08. The average Bonchev–Trinajstić information content (AvgIpc) is 2.38. The van der Waals surface area contributed by atoms with E-state index in [-0.39, 0.29) is 0 Å². The van der Waals surface area contributed by atoms with Gasteiger partial charge in [0, 0.05) is 34.4 Å². The number of carbonyl (C=O) groups is 1. The molecule has 0 atom stereocenters. The zero-order valence-electron chi connectivity index (χ0n) is 10.6. The Morgan fingerprint density at radius 1 is 1.21 bits per heavy atom. The molecule has 1 N–H and O–H groups in total. The van der Waals surface area contributed by atoms with E-state index in [2.05, 4.69) is 54.2 Å². The average molecular weight is 388 g/mol. The van der Waals surface area contributed by atoms with Gasteiger partial charge in [0.1, 0.15) is 5.78 Å². The highest BCUT2D eigenvalue weighted by Gasteiger charge is 2.27. The summed E-state index contributed by atoms with van der Waals surface area (Å²) >= 11 is 7.15. The smallest absolute Gasteiger partial charge is 0.133 e. The van der Waals surface area contributed by atoms with Crippen LogP contribution in [0.2, 0.25) is 0 Å². The van der Waals surface area contributed by atoms with Crippen LogP contribution in [0.15, 0.2) is 21.1 Å². The molecule has 19 heavy (non-hydrogen) atoms. The Hall–Kier alpha value is -0.390. The minimum Gasteiger partial charge on any atom is -0.371 e. The third-order valence-electron chi connectivity index (χ3n) is 4.00. The minimum absolute atomic E-state index is 0.423. The summed E-state index contributed by atoms with van der Waals surface area (Å²) in [5.41, 5.74) is 2.51. The van der Waals surface area contributed by atoms with Crippen LogP contribution in [0.4, 0.5) is 5.69 Å². The third kappa shape index (κ3) is 2.88. The summed E-state index contributed by atoms with van der Waals surface area (Å²) in [7, 11) is 0. The predicted octanol–water partition coefficient (Wildman–Crippen LogP) is 3.91. The van der Waals surface area contributed by atoms with Crippen LogP contribution in [-0.2, 0) is 11.3 Å². The summed E-state index contributed by atoms with van der Waals surface area (Å²) in [6.07, 6.45) is 3.50. The summed E-state index contributed by atoms with van der Waals surface area (Å²) in [4.78, 5) is 13.8. The van der Waals surface area contributed by atoms with Gasteiger partial charge in [-0.2, -0.15) is 0 Å². The number of halogens is 2. The Bertz CT molecular complexity index is 508. The van der Waals surface area contributed by atoms with Gasteiger partial charge in [-0.25, -0.2) is 0 Å². The molecule has 1 aromatic rings. The van der Waals surface area contributed by atoms with Crippen molar-refractivity contribution in [1.82, 2.24) is 4.90 Å². The maximum Gasteiger partial charge on any atom is 0.133 e. The molecule has 1 saturated carbocycles. The quantitative estimate of drug-likeness (QED) is 0.792. The Balaban J connectivity index is 1.76. The van der Waals surface area contributed by atoms with Gasteiger partial charge in [-0.15, -0.1) is 0 Å². The first kappa shape index (κ1) is 13.6. The van der Waals surface area contributed by atoms with Gasteiger partial charge < -0.3 is 5.32 Å². The minimum atomic E-state index is 0.423. The molecular weight excluding hydrogens is 372 g/mol. The van der Waals surface area contributed by atoms with Crippen LogP contribution in [0.1, 0.15) is 31.2 Å². The second kappa shape index (κ2) is 5.54. The lowest BCUT2D eigenvalue weighted by Gasteiger charge is -2.38. The van der Waals surface area contributed by atoms with E-state index in [9.17, 15) is 4.79 Å². The summed E-state index contributed by atoms with van der Waals surface area (Å²) in [6, 6.07) is 4.78. The largest absolute Gasteiger partial charge is 0.371 e. The molecule has 0 aromatic heterocycles. The van der Waals surface area contributed by atoms with Crippen molar-refractivity contribution in [3.05, 3.63) is 26.6 Å². The van der Waals surface area contributed by atoms with Crippen molar-refractivity contribution in [2.45, 2.75) is 38.3 Å². The molecule has 1 aromatic carbocycles. The highest BCUT2D eigenvalue weighted by atomic mass is 79.9. The van der Waals surface area contributed by atoms with E-state index in [1.54, 1.807) is 0 Å². The van der Waals surface area contributed by atoms with Crippen LogP contribution in [0.5, 0.6) is 0 Å². The van der Waals surface area contributed by atoms with Gasteiger partial charge in [0.2, 0.25) is 0 Å². The highest BCUT2D eigenvalue weighted by Crippen LogP contribution is 2.35. The van der Waals surface area contributed by atoms with Crippen LogP contribution < -0.4 is 5.32 Å². The standard InChI is InChI=1S/C14H16Br2N2O/c15-10-5-9-7-18(8-17-14(9)13(16)6-10)11-1-3-12(19)4-2-11/h5-6,11,17H,1-4,7-8H2. The van der Waals surface area contributed by atoms with Gasteiger partial charge in [-0.05, 0) is 46.5 Å². The zero-order valence-corrected chi connectivity index (χ0v) is 13.8. The Morgan fingerprint density at radius 2 is 1.95 bits per heavy atom. The molecule has 1 fully saturated rings. The van der Waals surface area contributed by atoms with Gasteiger partial charge in [-0.3, -0.25) is 9.69 Å². The molecule has 0 spiro atoms. The van der Waals surface area contributed by atoms with E-state index in [0.717, 1.165) is 47.8 Å². The van der Waals surface area contributed by atoms with Crippen LogP contribution in [0.25, 0.3) is 0 Å². The Morgan fingerprint density at radius 3 is 2.68 bits per heavy atom. The van der Waals surface area contributed by atoms with E-state index in [0.29, 0.717) is 11.8 Å². The fraction of sp³-hybridized carbons (Fsp3) is 0.500. The van der Waals surface area contributed by atoms with Crippen LogP contribution in [-0.4, -0.2) is 23.4 Å². The first-order chi connectivity index (χ1) is 9.13. The lowest BCUT2D eigenvalue weighted by atomic mass is 9.92. The monoisotopic (exact) mass is 386 g/mol. The van der Waals surface area contributed by atoms with Crippen LogP contribution in [0, 0.1) is 0 Å². The number of rotatable bonds is 1. The Kier molecular flexibility index (Phi) is 3.96. The van der Waals surface area contributed by atoms with Crippen molar-refractivity contribution in [1.29, 1.82) is 0 Å². The molecule has 1 aliphatic heterocycles. The molecule has 0 amide bonds. The van der Waals surface area contributed by atoms with Crippen molar-refractivity contribution in [2.24, 2.45) is 0 Å². The molecular formula is C14H16Br2N2O. The number of fused-ring (bicyclic) bond motifs is 1. The highest BCUT2D eigenvalue weighted by molar-refractivity contribution is 9.11. The first-order valence-corrected chi connectivity index (χ1v) is 8.19. The second-order valence-corrected chi connectivity index (χ2v) is 7.04. The topological polar surface area (TPSA) is 32.3 Å². The lowest BCUT2D eigenvalue weighted by molar-refractivity contribution is -0.121. The van der Waals surface area contributed by atoms with Crippen molar-refractivity contribution in [3.8, 4) is 0 Å². The number of nitrogens with one attached hydrogen (secondary N) is 1. The molecule has 0 radical (unpaired) electrons. The summed E-state index contributed by atoms with van der Waals surface area (Å²) in [5.74, 6) is 0.423. The SMILES string of the molecule is O=C1CCC(N2CNc3c(Br)cc(Br)cc3C2)CC1. The predicted molar refractivity (Wildman–Crippen MR) is 83.1 cm³/mol. The summed E-state index contributed by atoms with van der Waals surface area (Å²) < 4.78 is 2.20. The van der Waals surface area contributed by atoms with Gasteiger partial charge in [0.05, 0.1) is 12.4 Å². The maximum atomic E-state index is 11.3. The fourth-order valence-corrected chi connectivity index (χ4v) is 4.41. The second-order valence-electron chi connectivity index (χ2n) is 5.27. The summed E-state index contributed by atoms with van der Waals surface area (Å²) in [5, 5.41) is 3.49. The first-order valence-electron chi connectivity index (χ1n) is 6.61. The number of anilines is 1. The molecule has 1 aliphatic carbocycles. The van der Waals surface area contributed by atoms with Crippen molar-refractivity contribution < 1.29 is 4.79 Å². The number of hydrogen-bond donors (Lipinski definition) is 1. The molecule has 3 nitrogen and oxygen atoms in total. The molecule has 0 unspecified atom stereocenters. The van der Waals surface area contributed by atoms with Crippen molar-refractivity contribution >= 4 is 43.3 Å². The molecule has 0 saturated heterocycles. The molecule has 3 rings (SSSR count). The van der Waals surface area contributed by atoms with E-state index in [1.807, 2.05) is 0 Å². The molecule has 0 bridgehead atoms. The molecule has 102 valence electrons. The Labute approximate surface area is 130 Å². The van der Waals surface area contributed by atoms with E-state index in [4.69, 9.17) is 0 Å². The van der Waals surface area contributed by atoms with Crippen molar-refractivity contribution in [2.75, 3.05) is 12.0 Å². The number of nitrogens with zero attached hydrogens (tertiary/aromatic N) is 1. The fourth-order valence-electron chi connectivity index (χ4n) is 2.95. The number of Topliss-reactive ketones (excluding diaryl/α,β-unsaturated/α-hetero) is 1. The van der Waals surface area contributed by atoms with Gasteiger partial charge in [-0.1, -0.05) is 15.9 Å². The number of carbonyl (C=O) groups excluding carboxylic acids is 1. The number of benzene rings is 1. The van der Waals surface area contributed by atoms with Crippen molar-refractivity contribution in [3.63, 3.8) is 0 Å². The van der Waals surface area contributed by atoms with Gasteiger partial charge in [0.15, 0.2) is 0 Å². The maximum absolute atomic E-state index is 11.3. The normalized spacial score (nSPS) is 21.1. The van der Waals surface area contributed by atoms with Crippen LogP contribution >= 0.6 is 31.9 Å². The molecule has 5 heteroatoms. The molecule has 1 heterocycles. The van der Waals surface area contributed by atoms with E-state index >= 15 is 0 Å². The van der Waals surface area contributed by atoms with Crippen LogP contribution in [0.3, 0.4) is 0 Å². The number of ketones is 1.